The maximum atomic E-state index is 12.5. The molecule has 0 unspecified atom stereocenters. The summed E-state index contributed by atoms with van der Waals surface area (Å²) in [6, 6.07) is 14.2. The lowest BCUT2D eigenvalue weighted by atomic mass is 10.1. The molecule has 1 aromatic heterocycles. The van der Waals surface area contributed by atoms with Crippen molar-refractivity contribution in [3.63, 3.8) is 0 Å². The molecule has 0 aliphatic carbocycles. The Balaban J connectivity index is 1.57. The first-order chi connectivity index (χ1) is 14.6. The van der Waals surface area contributed by atoms with Gasteiger partial charge in [0.1, 0.15) is 5.69 Å². The lowest BCUT2D eigenvalue weighted by Gasteiger charge is -2.14. The fourth-order valence-electron chi connectivity index (χ4n) is 2.95. The van der Waals surface area contributed by atoms with Crippen molar-refractivity contribution in [2.75, 3.05) is 34.4 Å². The van der Waals surface area contributed by atoms with Gasteiger partial charge in [0, 0.05) is 24.0 Å². The van der Waals surface area contributed by atoms with E-state index in [2.05, 4.69) is 15.6 Å². The largest absolute Gasteiger partial charge is 0.493 e. The number of ether oxygens (including phenoxy) is 3. The molecule has 156 valence electrons. The highest BCUT2D eigenvalue weighted by molar-refractivity contribution is 5.96. The lowest BCUT2D eigenvalue weighted by Crippen LogP contribution is -2.35. The second kappa shape index (κ2) is 9.60. The van der Waals surface area contributed by atoms with E-state index in [1.165, 1.54) is 21.3 Å². The average molecular weight is 409 g/mol. The van der Waals surface area contributed by atoms with E-state index in [0.717, 1.165) is 10.9 Å². The fraction of sp³-hybridized carbons (Fsp3) is 0.227. The maximum absolute atomic E-state index is 12.5. The van der Waals surface area contributed by atoms with Gasteiger partial charge in [-0.3, -0.25) is 9.59 Å². The number of carbonyl (C=O) groups excluding carboxylic acids is 2. The number of benzene rings is 2. The van der Waals surface area contributed by atoms with Gasteiger partial charge in [-0.2, -0.15) is 0 Å². The number of nitrogens with zero attached hydrogens (tertiary/aromatic N) is 1. The molecule has 30 heavy (non-hydrogen) atoms. The van der Waals surface area contributed by atoms with Crippen molar-refractivity contribution in [2.45, 2.75) is 0 Å². The van der Waals surface area contributed by atoms with Gasteiger partial charge in [-0.05, 0) is 24.3 Å². The number of fused-ring (bicyclic) bond motifs is 1. The molecule has 0 aliphatic heterocycles. The molecule has 2 N–H and O–H groups in total. The number of amides is 2. The number of hydrogen-bond acceptors (Lipinski definition) is 6. The van der Waals surface area contributed by atoms with E-state index in [4.69, 9.17) is 14.2 Å². The minimum atomic E-state index is -0.327. The molecular weight excluding hydrogens is 386 g/mol. The quantitative estimate of drug-likeness (QED) is 0.555. The van der Waals surface area contributed by atoms with Crippen molar-refractivity contribution >= 4 is 22.7 Å². The maximum Gasteiger partial charge on any atom is 0.269 e. The molecule has 8 heteroatoms. The SMILES string of the molecule is COc1cc(C(=O)NCCNC(=O)c2ccc3ccccc3n2)cc(OC)c1OC. The first-order valence-electron chi connectivity index (χ1n) is 9.29. The van der Waals surface area contributed by atoms with Crippen LogP contribution in [0.4, 0.5) is 0 Å². The zero-order valence-corrected chi connectivity index (χ0v) is 17.0. The number of para-hydroxylation sites is 1. The summed E-state index contributed by atoms with van der Waals surface area (Å²) in [6.07, 6.45) is 0. The van der Waals surface area contributed by atoms with Crippen LogP contribution in [0.2, 0.25) is 0 Å². The molecule has 3 aromatic rings. The second-order valence-corrected chi connectivity index (χ2v) is 6.32. The second-order valence-electron chi connectivity index (χ2n) is 6.32. The van der Waals surface area contributed by atoms with Gasteiger partial charge >= 0.3 is 0 Å². The summed E-state index contributed by atoms with van der Waals surface area (Å²) in [7, 11) is 4.46. The molecule has 2 amide bonds. The molecule has 0 saturated heterocycles. The molecule has 0 bridgehead atoms. The standard InChI is InChI=1S/C22H23N3O5/c1-28-18-12-15(13-19(29-2)20(18)30-3)21(26)23-10-11-24-22(27)17-9-8-14-6-4-5-7-16(14)25-17/h4-9,12-13H,10-11H2,1-3H3,(H,23,26)(H,24,27). The molecule has 2 aromatic carbocycles. The summed E-state index contributed by atoms with van der Waals surface area (Å²) in [6.45, 7) is 0.498. The van der Waals surface area contributed by atoms with Crippen molar-refractivity contribution in [3.05, 3.63) is 59.8 Å². The number of hydrogen-bond donors (Lipinski definition) is 2. The van der Waals surface area contributed by atoms with Gasteiger partial charge in [-0.1, -0.05) is 24.3 Å². The van der Waals surface area contributed by atoms with Gasteiger partial charge in [-0.15, -0.1) is 0 Å². The number of carbonyl (C=O) groups is 2. The van der Waals surface area contributed by atoms with Crippen molar-refractivity contribution in [1.82, 2.24) is 15.6 Å². The van der Waals surface area contributed by atoms with Crippen LogP contribution in [0.25, 0.3) is 10.9 Å². The van der Waals surface area contributed by atoms with Crippen LogP contribution in [0.5, 0.6) is 17.2 Å². The molecule has 1 heterocycles. The number of methoxy groups -OCH3 is 3. The summed E-state index contributed by atoms with van der Waals surface area (Å²) >= 11 is 0. The van der Waals surface area contributed by atoms with Gasteiger partial charge in [0.15, 0.2) is 11.5 Å². The Hall–Kier alpha value is -3.81. The van der Waals surface area contributed by atoms with Crippen molar-refractivity contribution < 1.29 is 23.8 Å². The smallest absolute Gasteiger partial charge is 0.269 e. The van der Waals surface area contributed by atoms with Crippen LogP contribution in [0, 0.1) is 0 Å². The van der Waals surface area contributed by atoms with Crippen molar-refractivity contribution in [1.29, 1.82) is 0 Å². The van der Waals surface area contributed by atoms with E-state index in [1.807, 2.05) is 30.3 Å². The molecule has 8 nitrogen and oxygen atoms in total. The van der Waals surface area contributed by atoms with Crippen LogP contribution in [-0.4, -0.2) is 51.2 Å². The van der Waals surface area contributed by atoms with Gasteiger partial charge in [0.2, 0.25) is 5.75 Å². The van der Waals surface area contributed by atoms with Gasteiger partial charge in [-0.25, -0.2) is 4.98 Å². The monoisotopic (exact) mass is 409 g/mol. The van der Waals surface area contributed by atoms with E-state index in [1.54, 1.807) is 18.2 Å². The third kappa shape index (κ3) is 4.60. The topological polar surface area (TPSA) is 98.8 Å². The molecule has 0 saturated carbocycles. The van der Waals surface area contributed by atoms with Crippen LogP contribution in [-0.2, 0) is 0 Å². The third-order valence-electron chi connectivity index (χ3n) is 4.45. The Morgan fingerprint density at radius 2 is 1.47 bits per heavy atom. The van der Waals surface area contributed by atoms with Crippen LogP contribution in [0.1, 0.15) is 20.8 Å². The summed E-state index contributed by atoms with van der Waals surface area (Å²) < 4.78 is 15.8. The van der Waals surface area contributed by atoms with E-state index in [9.17, 15) is 9.59 Å². The Morgan fingerprint density at radius 1 is 0.833 bits per heavy atom. The minimum Gasteiger partial charge on any atom is -0.493 e. The van der Waals surface area contributed by atoms with E-state index < -0.39 is 0 Å². The number of pyridine rings is 1. The average Bonchev–Trinajstić information content (AvgIpc) is 2.79. The van der Waals surface area contributed by atoms with Crippen LogP contribution in [0.3, 0.4) is 0 Å². The Kier molecular flexibility index (Phi) is 6.69. The molecule has 0 fully saturated rings. The molecule has 0 aliphatic rings. The van der Waals surface area contributed by atoms with Gasteiger partial charge in [0.25, 0.3) is 11.8 Å². The third-order valence-corrected chi connectivity index (χ3v) is 4.45. The Bertz CT molecular complexity index is 1040. The highest BCUT2D eigenvalue weighted by Gasteiger charge is 2.17. The van der Waals surface area contributed by atoms with Gasteiger partial charge < -0.3 is 24.8 Å². The lowest BCUT2D eigenvalue weighted by molar-refractivity contribution is 0.0925. The molecule has 0 radical (unpaired) electrons. The summed E-state index contributed by atoms with van der Waals surface area (Å²) in [4.78, 5) is 29.1. The highest BCUT2D eigenvalue weighted by Crippen LogP contribution is 2.38. The summed E-state index contributed by atoms with van der Waals surface area (Å²) in [5, 5.41) is 6.46. The molecule has 0 atom stereocenters. The Labute approximate surface area is 174 Å². The zero-order valence-electron chi connectivity index (χ0n) is 17.0. The van der Waals surface area contributed by atoms with Crippen LogP contribution < -0.4 is 24.8 Å². The normalized spacial score (nSPS) is 10.4. The predicted molar refractivity (Wildman–Crippen MR) is 113 cm³/mol. The summed E-state index contributed by atoms with van der Waals surface area (Å²) in [5.74, 6) is 0.553. The number of nitrogens with one attached hydrogen (secondary N) is 2. The van der Waals surface area contributed by atoms with E-state index in [-0.39, 0.29) is 24.9 Å². The zero-order chi connectivity index (χ0) is 21.5. The van der Waals surface area contributed by atoms with Crippen LogP contribution in [0.15, 0.2) is 48.5 Å². The van der Waals surface area contributed by atoms with Crippen molar-refractivity contribution in [3.8, 4) is 17.2 Å². The van der Waals surface area contributed by atoms with Crippen LogP contribution >= 0.6 is 0 Å². The molecule has 3 rings (SSSR count). The minimum absolute atomic E-state index is 0.245. The predicted octanol–water partition coefficient (Wildman–Crippen LogP) is 2.42. The summed E-state index contributed by atoms with van der Waals surface area (Å²) in [5.41, 5.74) is 1.43. The van der Waals surface area contributed by atoms with E-state index >= 15 is 0 Å². The molecule has 0 spiro atoms. The first kappa shape index (κ1) is 20.9. The van der Waals surface area contributed by atoms with Gasteiger partial charge in [0.05, 0.1) is 26.8 Å². The Morgan fingerprint density at radius 3 is 2.10 bits per heavy atom. The molecular formula is C22H23N3O5. The van der Waals surface area contributed by atoms with E-state index in [0.29, 0.717) is 28.5 Å². The number of rotatable bonds is 8. The highest BCUT2D eigenvalue weighted by atomic mass is 16.5. The number of aromatic nitrogens is 1. The van der Waals surface area contributed by atoms with Crippen molar-refractivity contribution in [2.24, 2.45) is 0 Å². The fourth-order valence-corrected chi connectivity index (χ4v) is 2.95. The first-order valence-corrected chi connectivity index (χ1v) is 9.29.